The minimum absolute atomic E-state index is 0.0715. The number of nitrogens with zero attached hydrogens (tertiary/aromatic N) is 2. The summed E-state index contributed by atoms with van der Waals surface area (Å²) in [7, 11) is 0. The van der Waals surface area contributed by atoms with E-state index in [9.17, 15) is 9.59 Å². The quantitative estimate of drug-likeness (QED) is 0.786. The van der Waals surface area contributed by atoms with Crippen molar-refractivity contribution in [1.82, 2.24) is 10.2 Å². The summed E-state index contributed by atoms with van der Waals surface area (Å²) in [6, 6.07) is 10.2. The first kappa shape index (κ1) is 19.5. The Kier molecular flexibility index (Phi) is 6.21. The molecule has 0 spiro atoms. The standard InChI is InChI=1S/C20H24BrN3O3/c1-14-18(19(21)15(2)27-14)20(26)22-9-8-17(25)24-12-10-23(11-13-24)16-6-4-3-5-7-16/h3-7H,8-13H2,1-2H3,(H,22,26). The molecular weight excluding hydrogens is 410 g/mol. The van der Waals surface area contributed by atoms with Gasteiger partial charge in [-0.2, -0.15) is 0 Å². The van der Waals surface area contributed by atoms with Crippen molar-refractivity contribution in [3.63, 3.8) is 0 Å². The minimum Gasteiger partial charge on any atom is -0.465 e. The van der Waals surface area contributed by atoms with Crippen LogP contribution < -0.4 is 10.2 Å². The van der Waals surface area contributed by atoms with Gasteiger partial charge in [-0.25, -0.2) is 0 Å². The van der Waals surface area contributed by atoms with Gasteiger partial charge < -0.3 is 19.5 Å². The molecule has 2 heterocycles. The number of hydrogen-bond acceptors (Lipinski definition) is 4. The Morgan fingerprint density at radius 1 is 1.07 bits per heavy atom. The van der Waals surface area contributed by atoms with E-state index in [4.69, 9.17) is 4.42 Å². The average Bonchev–Trinajstić information content (AvgIpc) is 2.94. The van der Waals surface area contributed by atoms with Gasteiger partial charge in [-0.3, -0.25) is 9.59 Å². The van der Waals surface area contributed by atoms with E-state index in [1.807, 2.05) is 23.1 Å². The Labute approximate surface area is 167 Å². The fraction of sp³-hybridized carbons (Fsp3) is 0.400. The van der Waals surface area contributed by atoms with E-state index < -0.39 is 0 Å². The molecule has 7 heteroatoms. The number of carbonyl (C=O) groups is 2. The molecule has 1 aromatic heterocycles. The minimum atomic E-state index is -0.224. The largest absolute Gasteiger partial charge is 0.465 e. The molecule has 1 saturated heterocycles. The average molecular weight is 434 g/mol. The second kappa shape index (κ2) is 8.61. The van der Waals surface area contributed by atoms with E-state index in [0.29, 0.717) is 47.6 Å². The summed E-state index contributed by atoms with van der Waals surface area (Å²) >= 11 is 3.38. The van der Waals surface area contributed by atoms with Gasteiger partial charge in [0.1, 0.15) is 11.5 Å². The highest BCUT2D eigenvalue weighted by Gasteiger charge is 2.22. The zero-order valence-corrected chi connectivity index (χ0v) is 17.2. The van der Waals surface area contributed by atoms with Gasteiger partial charge in [0.25, 0.3) is 5.91 Å². The summed E-state index contributed by atoms with van der Waals surface area (Å²) in [6.07, 6.45) is 0.296. The molecule has 2 amide bonds. The van der Waals surface area contributed by atoms with Gasteiger partial charge in [-0.15, -0.1) is 0 Å². The number of furan rings is 1. The van der Waals surface area contributed by atoms with Crippen molar-refractivity contribution in [1.29, 1.82) is 0 Å². The number of para-hydroxylation sites is 1. The molecular formula is C20H24BrN3O3. The maximum atomic E-state index is 12.4. The molecule has 1 N–H and O–H groups in total. The smallest absolute Gasteiger partial charge is 0.256 e. The lowest BCUT2D eigenvalue weighted by Gasteiger charge is -2.36. The highest BCUT2D eigenvalue weighted by atomic mass is 79.9. The lowest BCUT2D eigenvalue weighted by Crippen LogP contribution is -2.49. The van der Waals surface area contributed by atoms with Crippen LogP contribution in [0.5, 0.6) is 0 Å². The Morgan fingerprint density at radius 2 is 1.74 bits per heavy atom. The van der Waals surface area contributed by atoms with E-state index in [0.717, 1.165) is 13.1 Å². The summed E-state index contributed by atoms with van der Waals surface area (Å²) in [4.78, 5) is 28.9. The fourth-order valence-corrected chi connectivity index (χ4v) is 3.84. The topological polar surface area (TPSA) is 65.8 Å². The molecule has 1 fully saturated rings. The number of nitrogens with one attached hydrogen (secondary N) is 1. The van der Waals surface area contributed by atoms with E-state index in [1.165, 1.54) is 5.69 Å². The zero-order valence-electron chi connectivity index (χ0n) is 15.6. The second-order valence-corrected chi connectivity index (χ2v) is 7.41. The Bertz CT molecular complexity index is 811. The maximum absolute atomic E-state index is 12.4. The van der Waals surface area contributed by atoms with Crippen molar-refractivity contribution < 1.29 is 14.0 Å². The zero-order chi connectivity index (χ0) is 19.4. The number of halogens is 1. The first-order chi connectivity index (χ1) is 13.0. The van der Waals surface area contributed by atoms with Crippen molar-refractivity contribution in [3.05, 3.63) is 51.9 Å². The number of hydrogen-bond donors (Lipinski definition) is 1. The third-order valence-electron chi connectivity index (χ3n) is 4.79. The highest BCUT2D eigenvalue weighted by molar-refractivity contribution is 9.10. The van der Waals surface area contributed by atoms with Crippen molar-refractivity contribution in [2.45, 2.75) is 20.3 Å². The predicted octanol–water partition coefficient (Wildman–Crippen LogP) is 3.13. The van der Waals surface area contributed by atoms with Gasteiger partial charge in [0.05, 0.1) is 10.0 Å². The number of carbonyl (C=O) groups excluding carboxylic acids is 2. The monoisotopic (exact) mass is 433 g/mol. The number of anilines is 1. The normalized spacial score (nSPS) is 14.3. The number of amides is 2. The first-order valence-electron chi connectivity index (χ1n) is 9.09. The number of aryl methyl sites for hydroxylation is 2. The van der Waals surface area contributed by atoms with Crippen LogP contribution in [0.1, 0.15) is 28.3 Å². The second-order valence-electron chi connectivity index (χ2n) is 6.61. The van der Waals surface area contributed by atoms with E-state index in [2.05, 4.69) is 38.3 Å². The molecule has 1 aromatic carbocycles. The van der Waals surface area contributed by atoms with Crippen LogP contribution in [-0.4, -0.2) is 49.4 Å². The van der Waals surface area contributed by atoms with Crippen LogP contribution in [0, 0.1) is 13.8 Å². The predicted molar refractivity (Wildman–Crippen MR) is 108 cm³/mol. The summed E-state index contributed by atoms with van der Waals surface area (Å²) in [5.41, 5.74) is 1.68. The Balaban J connectivity index is 1.44. The van der Waals surface area contributed by atoms with Crippen LogP contribution in [0.15, 0.2) is 39.2 Å². The third-order valence-corrected chi connectivity index (χ3v) is 5.75. The van der Waals surface area contributed by atoms with Crippen LogP contribution >= 0.6 is 15.9 Å². The van der Waals surface area contributed by atoms with Gasteiger partial charge >= 0.3 is 0 Å². The van der Waals surface area contributed by atoms with Crippen LogP contribution in [0.25, 0.3) is 0 Å². The molecule has 0 aliphatic carbocycles. The summed E-state index contributed by atoms with van der Waals surface area (Å²) in [5.74, 6) is 1.09. The van der Waals surface area contributed by atoms with Gasteiger partial charge in [0, 0.05) is 44.8 Å². The van der Waals surface area contributed by atoms with Crippen LogP contribution in [0.4, 0.5) is 5.69 Å². The fourth-order valence-electron chi connectivity index (χ4n) is 3.30. The molecule has 144 valence electrons. The molecule has 1 aliphatic heterocycles. The Hall–Kier alpha value is -2.28. The Morgan fingerprint density at radius 3 is 2.33 bits per heavy atom. The van der Waals surface area contributed by atoms with Crippen molar-refractivity contribution in [2.75, 3.05) is 37.6 Å². The maximum Gasteiger partial charge on any atom is 0.256 e. The molecule has 0 saturated carbocycles. The van der Waals surface area contributed by atoms with Gasteiger partial charge in [-0.05, 0) is 41.9 Å². The molecule has 27 heavy (non-hydrogen) atoms. The van der Waals surface area contributed by atoms with E-state index in [1.54, 1.807) is 13.8 Å². The van der Waals surface area contributed by atoms with Crippen molar-refractivity contribution in [2.24, 2.45) is 0 Å². The molecule has 3 rings (SSSR count). The lowest BCUT2D eigenvalue weighted by atomic mass is 10.2. The van der Waals surface area contributed by atoms with Crippen LogP contribution in [0.3, 0.4) is 0 Å². The molecule has 0 radical (unpaired) electrons. The summed E-state index contributed by atoms with van der Waals surface area (Å²) < 4.78 is 6.12. The van der Waals surface area contributed by atoms with Crippen molar-refractivity contribution in [3.8, 4) is 0 Å². The first-order valence-corrected chi connectivity index (χ1v) is 9.88. The highest BCUT2D eigenvalue weighted by Crippen LogP contribution is 2.27. The lowest BCUT2D eigenvalue weighted by molar-refractivity contribution is -0.131. The van der Waals surface area contributed by atoms with E-state index in [-0.39, 0.29) is 11.8 Å². The molecule has 0 atom stereocenters. The molecule has 0 bridgehead atoms. The number of rotatable bonds is 5. The molecule has 6 nitrogen and oxygen atoms in total. The van der Waals surface area contributed by atoms with Gasteiger partial charge in [0.15, 0.2) is 0 Å². The number of benzene rings is 1. The van der Waals surface area contributed by atoms with Crippen LogP contribution in [0.2, 0.25) is 0 Å². The van der Waals surface area contributed by atoms with Gasteiger partial charge in [-0.1, -0.05) is 18.2 Å². The molecule has 2 aromatic rings. The molecule has 1 aliphatic rings. The SMILES string of the molecule is Cc1oc(C)c(C(=O)NCCC(=O)N2CCN(c3ccccc3)CC2)c1Br. The summed E-state index contributed by atoms with van der Waals surface area (Å²) in [6.45, 7) is 6.91. The number of piperazine rings is 1. The van der Waals surface area contributed by atoms with Gasteiger partial charge in [0.2, 0.25) is 5.91 Å². The van der Waals surface area contributed by atoms with E-state index >= 15 is 0 Å². The van der Waals surface area contributed by atoms with Crippen LogP contribution in [-0.2, 0) is 4.79 Å². The summed E-state index contributed by atoms with van der Waals surface area (Å²) in [5, 5.41) is 2.81. The molecule has 0 unspecified atom stereocenters. The van der Waals surface area contributed by atoms with Crippen molar-refractivity contribution >= 4 is 33.4 Å². The third kappa shape index (κ3) is 4.53.